The number of carbonyl (C=O) groups is 2. The summed E-state index contributed by atoms with van der Waals surface area (Å²) in [4.78, 5) is 28.3. The van der Waals surface area contributed by atoms with Crippen LogP contribution < -0.4 is 5.32 Å². The molecular weight excluding hydrogens is 342 g/mol. The third-order valence-corrected chi connectivity index (χ3v) is 4.71. The highest BCUT2D eigenvalue weighted by Crippen LogP contribution is 2.44. The van der Waals surface area contributed by atoms with E-state index in [1.807, 2.05) is 0 Å². The van der Waals surface area contributed by atoms with Gasteiger partial charge in [-0.2, -0.15) is 0 Å². The molecule has 2 aliphatic rings. The Labute approximate surface area is 148 Å². The summed E-state index contributed by atoms with van der Waals surface area (Å²) >= 11 is 0. The van der Waals surface area contributed by atoms with Gasteiger partial charge < -0.3 is 25.7 Å². The smallest absolute Gasteiger partial charge is 0.335 e. The van der Waals surface area contributed by atoms with E-state index in [1.54, 1.807) is 12.4 Å². The van der Waals surface area contributed by atoms with E-state index >= 15 is 0 Å². The molecule has 138 valence electrons. The van der Waals surface area contributed by atoms with E-state index in [9.17, 15) is 9.59 Å². The van der Waals surface area contributed by atoms with Crippen LogP contribution in [-0.2, 0) is 9.59 Å². The fraction of sp³-hybridized carbons (Fsp3) is 0.412. The molecule has 1 aromatic heterocycles. The Hall–Kier alpha value is -2.62. The topological polar surface area (TPSA) is 153 Å². The molecule has 0 saturated carbocycles. The lowest BCUT2D eigenvalue weighted by Crippen LogP contribution is -2.39. The molecule has 26 heavy (non-hydrogen) atoms. The fourth-order valence-electron chi connectivity index (χ4n) is 3.44. The van der Waals surface area contributed by atoms with Gasteiger partial charge in [-0.05, 0) is 41.5 Å². The SMILES string of the molecule is O=C(O)[C@@H](O)[C@H](O)C(=O)O.c1cnc2cc3c(cc2n1)C1CNCC3C1. The number of carboxylic acids is 2. The van der Waals surface area contributed by atoms with Crippen molar-refractivity contribution in [1.29, 1.82) is 0 Å². The van der Waals surface area contributed by atoms with Gasteiger partial charge >= 0.3 is 11.9 Å². The Bertz CT molecular complexity index is 776. The van der Waals surface area contributed by atoms with E-state index in [0.717, 1.165) is 24.1 Å². The number of benzene rings is 1. The van der Waals surface area contributed by atoms with E-state index in [1.165, 1.54) is 17.5 Å². The number of aliphatic carboxylic acids is 2. The van der Waals surface area contributed by atoms with Crippen LogP contribution in [0.3, 0.4) is 0 Å². The van der Waals surface area contributed by atoms with Crippen molar-refractivity contribution in [2.45, 2.75) is 30.5 Å². The average molecular weight is 361 g/mol. The lowest BCUT2D eigenvalue weighted by atomic mass is 9.98. The van der Waals surface area contributed by atoms with Gasteiger partial charge in [0.1, 0.15) is 0 Å². The lowest BCUT2D eigenvalue weighted by Gasteiger charge is -2.19. The van der Waals surface area contributed by atoms with Crippen molar-refractivity contribution in [3.8, 4) is 0 Å². The molecule has 1 aliphatic carbocycles. The minimum atomic E-state index is -2.27. The zero-order valence-electron chi connectivity index (χ0n) is 13.7. The highest BCUT2D eigenvalue weighted by atomic mass is 16.4. The molecule has 9 nitrogen and oxygen atoms in total. The van der Waals surface area contributed by atoms with Gasteiger partial charge in [-0.15, -0.1) is 0 Å². The molecule has 4 atom stereocenters. The lowest BCUT2D eigenvalue weighted by molar-refractivity contribution is -0.165. The van der Waals surface area contributed by atoms with Gasteiger partial charge in [0.2, 0.25) is 0 Å². The molecule has 2 unspecified atom stereocenters. The third kappa shape index (κ3) is 3.50. The quantitative estimate of drug-likeness (QED) is 0.495. The van der Waals surface area contributed by atoms with E-state index in [2.05, 4.69) is 27.4 Å². The second-order valence-corrected chi connectivity index (χ2v) is 6.38. The molecule has 0 spiro atoms. The van der Waals surface area contributed by atoms with Crippen LogP contribution in [0.25, 0.3) is 11.0 Å². The molecule has 1 aliphatic heterocycles. The fourth-order valence-corrected chi connectivity index (χ4v) is 3.44. The van der Waals surface area contributed by atoms with Crippen molar-refractivity contribution in [3.63, 3.8) is 0 Å². The highest BCUT2D eigenvalue weighted by molar-refractivity contribution is 5.83. The van der Waals surface area contributed by atoms with E-state index < -0.39 is 24.1 Å². The predicted octanol–water partition coefficient (Wildman–Crippen LogP) is -0.319. The number of rotatable bonds is 3. The minimum absolute atomic E-state index is 0.695. The monoisotopic (exact) mass is 361 g/mol. The van der Waals surface area contributed by atoms with Crippen molar-refractivity contribution < 1.29 is 30.0 Å². The summed E-state index contributed by atoms with van der Waals surface area (Å²) in [6.45, 7) is 2.24. The van der Waals surface area contributed by atoms with Gasteiger partial charge in [0.15, 0.2) is 12.2 Å². The maximum absolute atomic E-state index is 9.77. The Morgan fingerprint density at radius 1 is 0.923 bits per heavy atom. The van der Waals surface area contributed by atoms with Gasteiger partial charge in [-0.1, -0.05) is 0 Å². The summed E-state index contributed by atoms with van der Waals surface area (Å²) in [5.74, 6) is -2.15. The molecule has 5 N–H and O–H groups in total. The number of aromatic nitrogens is 2. The van der Waals surface area contributed by atoms with Crippen LogP contribution in [0.4, 0.5) is 0 Å². The molecule has 0 radical (unpaired) electrons. The van der Waals surface area contributed by atoms with Crippen molar-refractivity contribution >= 4 is 23.0 Å². The summed E-state index contributed by atoms with van der Waals surface area (Å²) in [7, 11) is 0. The van der Waals surface area contributed by atoms with E-state index in [0.29, 0.717) is 11.8 Å². The number of nitrogens with one attached hydrogen (secondary N) is 1. The number of hydrogen-bond donors (Lipinski definition) is 5. The second kappa shape index (κ2) is 7.32. The Morgan fingerprint density at radius 3 is 1.73 bits per heavy atom. The molecule has 1 saturated heterocycles. The van der Waals surface area contributed by atoms with Crippen LogP contribution in [0, 0.1) is 0 Å². The summed E-state index contributed by atoms with van der Waals surface area (Å²) in [6, 6.07) is 4.49. The summed E-state index contributed by atoms with van der Waals surface area (Å²) in [5, 5.41) is 36.0. The van der Waals surface area contributed by atoms with Crippen LogP contribution in [0.1, 0.15) is 29.4 Å². The summed E-state index contributed by atoms with van der Waals surface area (Å²) in [6.07, 6.45) is 0.316. The number of piperidine rings is 1. The number of hydrogen-bond acceptors (Lipinski definition) is 7. The van der Waals surface area contributed by atoms with Crippen LogP contribution >= 0.6 is 0 Å². The second-order valence-electron chi connectivity index (χ2n) is 6.38. The Morgan fingerprint density at radius 2 is 1.35 bits per heavy atom. The number of carboxylic acid groups (broad SMARTS) is 2. The summed E-state index contributed by atoms with van der Waals surface area (Å²) in [5.41, 5.74) is 5.08. The standard InChI is InChI=1S/C13H13N3.C4H6O6/c1-2-16-13-5-11-9-3-8(6-14-7-9)10(11)4-12(13)15-1;5-1(3(7)8)2(6)4(9)10/h1-2,4-5,8-9,14H,3,6-7H2;1-2,5-6H,(H,7,8)(H,9,10)/t;1-,2-/m.0/s1. The maximum atomic E-state index is 9.77. The van der Waals surface area contributed by atoms with Crippen LogP contribution in [0.15, 0.2) is 24.5 Å². The van der Waals surface area contributed by atoms with Crippen LogP contribution in [-0.4, -0.2) is 67.6 Å². The van der Waals surface area contributed by atoms with Gasteiger partial charge in [0, 0.05) is 25.5 Å². The first-order valence-corrected chi connectivity index (χ1v) is 8.15. The first-order valence-electron chi connectivity index (χ1n) is 8.15. The van der Waals surface area contributed by atoms with Crippen LogP contribution in [0.2, 0.25) is 0 Å². The predicted molar refractivity (Wildman–Crippen MR) is 89.8 cm³/mol. The number of aliphatic hydroxyl groups is 2. The molecular formula is C17H19N3O6. The largest absolute Gasteiger partial charge is 0.479 e. The van der Waals surface area contributed by atoms with Crippen LogP contribution in [0.5, 0.6) is 0 Å². The summed E-state index contributed by atoms with van der Waals surface area (Å²) < 4.78 is 0. The Balaban J connectivity index is 0.000000172. The first-order chi connectivity index (χ1) is 12.4. The van der Waals surface area contributed by atoms with Crippen molar-refractivity contribution in [3.05, 3.63) is 35.7 Å². The average Bonchev–Trinajstić information content (AvgIpc) is 2.88. The normalized spacial score (nSPS) is 22.7. The molecule has 4 rings (SSSR count). The molecule has 0 amide bonds. The molecule has 1 aromatic carbocycles. The molecule has 1 fully saturated rings. The van der Waals surface area contributed by atoms with Crippen molar-refractivity contribution in [2.24, 2.45) is 0 Å². The molecule has 2 heterocycles. The minimum Gasteiger partial charge on any atom is -0.479 e. The van der Waals surface area contributed by atoms with Crippen molar-refractivity contribution in [2.75, 3.05) is 13.1 Å². The number of nitrogens with zero attached hydrogens (tertiary/aromatic N) is 2. The number of fused-ring (bicyclic) bond motifs is 6. The van der Waals surface area contributed by atoms with Gasteiger partial charge in [-0.3, -0.25) is 9.97 Å². The molecule has 2 bridgehead atoms. The molecule has 9 heteroatoms. The third-order valence-electron chi connectivity index (χ3n) is 4.71. The van der Waals surface area contributed by atoms with E-state index in [4.69, 9.17) is 20.4 Å². The highest BCUT2D eigenvalue weighted by Gasteiger charge is 2.34. The molecule has 2 aromatic rings. The zero-order valence-corrected chi connectivity index (χ0v) is 13.7. The first kappa shape index (κ1) is 18.2. The van der Waals surface area contributed by atoms with E-state index in [-0.39, 0.29) is 0 Å². The van der Waals surface area contributed by atoms with Crippen molar-refractivity contribution in [1.82, 2.24) is 15.3 Å². The van der Waals surface area contributed by atoms with Gasteiger partial charge in [0.05, 0.1) is 11.0 Å². The van der Waals surface area contributed by atoms with Gasteiger partial charge in [-0.25, -0.2) is 9.59 Å². The Kier molecular flexibility index (Phi) is 5.12. The zero-order chi connectivity index (χ0) is 18.8. The number of aliphatic hydroxyl groups excluding tert-OH is 2. The van der Waals surface area contributed by atoms with Gasteiger partial charge in [0.25, 0.3) is 0 Å². The maximum Gasteiger partial charge on any atom is 0.335 e.